The quantitative estimate of drug-likeness (QED) is 0.209. The molecule has 0 atom stereocenters. The second kappa shape index (κ2) is 14.2. The molecule has 0 aliphatic heterocycles. The van der Waals surface area contributed by atoms with Gasteiger partial charge in [-0.3, -0.25) is 9.89 Å². The van der Waals surface area contributed by atoms with Gasteiger partial charge in [0.2, 0.25) is 0 Å². The minimum absolute atomic E-state index is 0. The number of guanidine groups is 1. The molecular formula is C16H35IN4O2. The van der Waals surface area contributed by atoms with E-state index in [1.807, 2.05) is 7.05 Å². The molecule has 1 fully saturated rings. The summed E-state index contributed by atoms with van der Waals surface area (Å²) >= 11 is 0. The van der Waals surface area contributed by atoms with Gasteiger partial charge in [0.15, 0.2) is 5.96 Å². The molecule has 138 valence electrons. The zero-order valence-electron chi connectivity index (χ0n) is 15.1. The average molecular weight is 442 g/mol. The van der Waals surface area contributed by atoms with Crippen LogP contribution in [-0.2, 0) is 9.47 Å². The highest BCUT2D eigenvalue weighted by Crippen LogP contribution is 2.27. The summed E-state index contributed by atoms with van der Waals surface area (Å²) in [7, 11) is 3.50. The molecular weight excluding hydrogens is 407 g/mol. The molecule has 1 saturated carbocycles. The normalized spacial score (nSPS) is 15.0. The van der Waals surface area contributed by atoms with Crippen LogP contribution in [0.1, 0.15) is 33.1 Å². The van der Waals surface area contributed by atoms with Crippen molar-refractivity contribution in [3.05, 3.63) is 0 Å². The maximum atomic E-state index is 5.43. The molecule has 0 bridgehead atoms. The van der Waals surface area contributed by atoms with Crippen LogP contribution in [0.3, 0.4) is 0 Å². The van der Waals surface area contributed by atoms with E-state index < -0.39 is 0 Å². The summed E-state index contributed by atoms with van der Waals surface area (Å²) in [6.07, 6.45) is 3.67. The Balaban J connectivity index is 0.00000484. The number of aliphatic imine (C=N–C) groups is 1. The summed E-state index contributed by atoms with van der Waals surface area (Å²) in [4.78, 5) is 6.83. The first-order valence-electron chi connectivity index (χ1n) is 8.46. The fraction of sp³-hybridized carbons (Fsp3) is 0.938. The van der Waals surface area contributed by atoms with Gasteiger partial charge in [0.1, 0.15) is 0 Å². The predicted octanol–water partition coefficient (Wildman–Crippen LogP) is 1.70. The Morgan fingerprint density at radius 1 is 1.17 bits per heavy atom. The fourth-order valence-electron chi connectivity index (χ4n) is 2.42. The minimum atomic E-state index is 0. The Morgan fingerprint density at radius 3 is 2.43 bits per heavy atom. The first-order valence-corrected chi connectivity index (χ1v) is 8.46. The average Bonchev–Trinajstić information content (AvgIpc) is 3.32. The highest BCUT2D eigenvalue weighted by molar-refractivity contribution is 14.0. The first kappa shape index (κ1) is 22.9. The third-order valence-electron chi connectivity index (χ3n) is 3.75. The molecule has 0 spiro atoms. The molecule has 0 saturated heterocycles. The summed E-state index contributed by atoms with van der Waals surface area (Å²) in [5.74, 6) is 0.872. The minimum Gasteiger partial charge on any atom is -0.382 e. The Hall–Kier alpha value is -0.120. The number of nitrogens with one attached hydrogen (secondary N) is 2. The van der Waals surface area contributed by atoms with Crippen LogP contribution in [0.25, 0.3) is 0 Å². The molecule has 1 aliphatic carbocycles. The van der Waals surface area contributed by atoms with E-state index in [-0.39, 0.29) is 24.0 Å². The Bertz CT molecular complexity index is 310. The summed E-state index contributed by atoms with van der Waals surface area (Å²) < 4.78 is 10.4. The first-order chi connectivity index (χ1) is 10.7. The zero-order chi connectivity index (χ0) is 16.2. The van der Waals surface area contributed by atoms with Crippen molar-refractivity contribution in [1.29, 1.82) is 0 Å². The van der Waals surface area contributed by atoms with Gasteiger partial charge in [-0.2, -0.15) is 0 Å². The van der Waals surface area contributed by atoms with E-state index in [4.69, 9.17) is 9.47 Å². The van der Waals surface area contributed by atoms with E-state index in [0.717, 1.165) is 44.7 Å². The highest BCUT2D eigenvalue weighted by Gasteiger charge is 2.29. The van der Waals surface area contributed by atoms with Crippen LogP contribution in [0.5, 0.6) is 0 Å². The van der Waals surface area contributed by atoms with Crippen molar-refractivity contribution in [2.45, 2.75) is 45.2 Å². The number of methoxy groups -OCH3 is 1. The summed E-state index contributed by atoms with van der Waals surface area (Å²) in [6.45, 7) is 9.48. The molecule has 1 aliphatic rings. The van der Waals surface area contributed by atoms with E-state index in [9.17, 15) is 0 Å². The molecule has 0 aromatic rings. The third kappa shape index (κ3) is 11.1. The van der Waals surface area contributed by atoms with Crippen molar-refractivity contribution in [2.75, 3.05) is 53.6 Å². The van der Waals surface area contributed by atoms with E-state index >= 15 is 0 Å². The van der Waals surface area contributed by atoms with E-state index in [1.165, 1.54) is 12.8 Å². The lowest BCUT2D eigenvalue weighted by molar-refractivity contribution is 0.0698. The third-order valence-corrected chi connectivity index (χ3v) is 3.75. The SMILES string of the molecule is CN=C(NCCCOCCOC)NCCN(C(C)C)C1CC1.I. The molecule has 2 N–H and O–H groups in total. The number of ether oxygens (including phenoxy) is 2. The predicted molar refractivity (Wildman–Crippen MR) is 107 cm³/mol. The Labute approximate surface area is 158 Å². The lowest BCUT2D eigenvalue weighted by atomic mass is 10.3. The number of nitrogens with zero attached hydrogens (tertiary/aromatic N) is 2. The van der Waals surface area contributed by atoms with Gasteiger partial charge >= 0.3 is 0 Å². The van der Waals surface area contributed by atoms with Crippen molar-refractivity contribution in [2.24, 2.45) is 4.99 Å². The van der Waals surface area contributed by atoms with Crippen molar-refractivity contribution < 1.29 is 9.47 Å². The van der Waals surface area contributed by atoms with E-state index in [1.54, 1.807) is 7.11 Å². The maximum Gasteiger partial charge on any atom is 0.191 e. The van der Waals surface area contributed by atoms with Crippen molar-refractivity contribution >= 4 is 29.9 Å². The Kier molecular flexibility index (Phi) is 14.2. The van der Waals surface area contributed by atoms with Crippen molar-refractivity contribution in [3.8, 4) is 0 Å². The highest BCUT2D eigenvalue weighted by atomic mass is 127. The molecule has 0 aromatic heterocycles. The number of halogens is 1. The van der Waals surface area contributed by atoms with Crippen LogP contribution in [0.15, 0.2) is 4.99 Å². The van der Waals surface area contributed by atoms with Gasteiger partial charge in [0.25, 0.3) is 0 Å². The zero-order valence-corrected chi connectivity index (χ0v) is 17.5. The molecule has 1 rings (SSSR count). The lowest BCUT2D eigenvalue weighted by Crippen LogP contribution is -2.44. The van der Waals surface area contributed by atoms with Gasteiger partial charge in [0, 0.05) is 52.5 Å². The van der Waals surface area contributed by atoms with Crippen LogP contribution in [-0.4, -0.2) is 76.6 Å². The van der Waals surface area contributed by atoms with Crippen molar-refractivity contribution in [1.82, 2.24) is 15.5 Å². The van der Waals surface area contributed by atoms with E-state index in [2.05, 4.69) is 34.4 Å². The molecule has 0 radical (unpaired) electrons. The smallest absolute Gasteiger partial charge is 0.191 e. The van der Waals surface area contributed by atoms with Crippen LogP contribution in [0.4, 0.5) is 0 Å². The largest absolute Gasteiger partial charge is 0.382 e. The van der Waals surface area contributed by atoms with Crippen LogP contribution in [0, 0.1) is 0 Å². The van der Waals surface area contributed by atoms with Crippen LogP contribution < -0.4 is 10.6 Å². The van der Waals surface area contributed by atoms with Crippen molar-refractivity contribution in [3.63, 3.8) is 0 Å². The molecule has 0 amide bonds. The second-order valence-electron chi connectivity index (χ2n) is 5.95. The van der Waals surface area contributed by atoms with Gasteiger partial charge < -0.3 is 20.1 Å². The van der Waals surface area contributed by atoms with Gasteiger partial charge in [-0.05, 0) is 33.1 Å². The second-order valence-corrected chi connectivity index (χ2v) is 5.95. The molecule has 0 heterocycles. The van der Waals surface area contributed by atoms with Crippen LogP contribution in [0.2, 0.25) is 0 Å². The number of hydrogen-bond donors (Lipinski definition) is 2. The standard InChI is InChI=1S/C16H34N4O2.HI/c1-14(2)20(15-6-7-15)10-9-19-16(17-3)18-8-5-11-22-13-12-21-4;/h14-15H,5-13H2,1-4H3,(H2,17,18,19);1H. The van der Waals surface area contributed by atoms with Gasteiger partial charge in [0.05, 0.1) is 13.2 Å². The molecule has 23 heavy (non-hydrogen) atoms. The summed E-state index contributed by atoms with van der Waals surface area (Å²) in [6, 6.07) is 1.43. The Morgan fingerprint density at radius 2 is 1.87 bits per heavy atom. The topological polar surface area (TPSA) is 58.1 Å². The molecule has 6 nitrogen and oxygen atoms in total. The molecule has 0 unspecified atom stereocenters. The van der Waals surface area contributed by atoms with Crippen LogP contribution >= 0.6 is 24.0 Å². The fourth-order valence-corrected chi connectivity index (χ4v) is 2.42. The summed E-state index contributed by atoms with van der Waals surface area (Å²) in [5.41, 5.74) is 0. The van der Waals surface area contributed by atoms with E-state index in [0.29, 0.717) is 19.3 Å². The molecule has 0 aromatic carbocycles. The maximum absolute atomic E-state index is 5.43. The van der Waals surface area contributed by atoms with Gasteiger partial charge in [-0.15, -0.1) is 24.0 Å². The monoisotopic (exact) mass is 442 g/mol. The number of rotatable bonds is 12. The lowest BCUT2D eigenvalue weighted by Gasteiger charge is -2.26. The molecule has 7 heteroatoms. The van der Waals surface area contributed by atoms with Gasteiger partial charge in [-0.25, -0.2) is 0 Å². The number of hydrogen-bond acceptors (Lipinski definition) is 4. The summed E-state index contributed by atoms with van der Waals surface area (Å²) in [5, 5.41) is 6.70. The van der Waals surface area contributed by atoms with Gasteiger partial charge in [-0.1, -0.05) is 0 Å².